The van der Waals surface area contributed by atoms with E-state index in [2.05, 4.69) is 0 Å². The lowest BCUT2D eigenvalue weighted by Crippen LogP contribution is -2.52. The number of carbonyl (C=O) groups excluding carboxylic acids is 1. The second-order valence-electron chi connectivity index (χ2n) is 5.22. The number of halogens is 2. The maximum absolute atomic E-state index is 12.6. The van der Waals surface area contributed by atoms with Gasteiger partial charge in [0.2, 0.25) is 0 Å². The van der Waals surface area contributed by atoms with Crippen LogP contribution in [-0.2, 0) is 9.53 Å². The molecule has 23 heavy (non-hydrogen) atoms. The van der Waals surface area contributed by atoms with Crippen molar-refractivity contribution in [2.45, 2.75) is 6.04 Å². The summed E-state index contributed by atoms with van der Waals surface area (Å²) in [6.07, 6.45) is 0. The molecule has 1 atom stereocenters. The second kappa shape index (κ2) is 9.72. The molecule has 0 radical (unpaired) electrons. The van der Waals surface area contributed by atoms with Crippen LogP contribution in [0.25, 0.3) is 0 Å². The van der Waals surface area contributed by atoms with Crippen LogP contribution in [0.1, 0.15) is 10.4 Å². The lowest BCUT2D eigenvalue weighted by Gasteiger charge is -2.37. The molecule has 0 spiro atoms. The highest BCUT2D eigenvalue weighted by Crippen LogP contribution is 2.23. The third-order valence-electron chi connectivity index (χ3n) is 3.23. The van der Waals surface area contributed by atoms with Gasteiger partial charge in [0, 0.05) is 18.1 Å². The van der Waals surface area contributed by atoms with Crippen molar-refractivity contribution in [1.29, 1.82) is 0 Å². The zero-order chi connectivity index (χ0) is 17.4. The minimum atomic E-state index is -0.250. The first kappa shape index (κ1) is 19.7. The number of ether oxygens (including phenoxy) is 1. The molecule has 1 heterocycles. The molecule has 6 nitrogen and oxygen atoms in total. The Bertz CT molecular complexity index is 540. The van der Waals surface area contributed by atoms with Gasteiger partial charge >= 0.3 is 0 Å². The molecule has 8 heteroatoms. The Morgan fingerprint density at radius 1 is 1.48 bits per heavy atom. The van der Waals surface area contributed by atoms with E-state index in [9.17, 15) is 4.79 Å². The largest absolute Gasteiger partial charge is 0.483 e. The van der Waals surface area contributed by atoms with Crippen molar-refractivity contribution in [2.75, 3.05) is 40.4 Å². The Hall–Kier alpha value is -1.34. The molecule has 0 saturated carbocycles. The van der Waals surface area contributed by atoms with Crippen molar-refractivity contribution < 1.29 is 19.4 Å². The van der Waals surface area contributed by atoms with Crippen molar-refractivity contribution in [3.63, 3.8) is 0 Å². The third-order valence-corrected chi connectivity index (χ3v) is 3.77. The van der Waals surface area contributed by atoms with Gasteiger partial charge in [-0.3, -0.25) is 9.59 Å². The number of rotatable bonds is 3. The smallest absolute Gasteiger partial charge is 0.290 e. The first-order valence-electron chi connectivity index (χ1n) is 6.97. The average Bonchev–Trinajstić information content (AvgIpc) is 2.47. The van der Waals surface area contributed by atoms with Gasteiger partial charge in [-0.2, -0.15) is 0 Å². The van der Waals surface area contributed by atoms with Crippen molar-refractivity contribution in [2.24, 2.45) is 0 Å². The van der Waals surface area contributed by atoms with Crippen LogP contribution in [0.4, 0.5) is 0 Å². The van der Waals surface area contributed by atoms with E-state index in [1.807, 2.05) is 23.9 Å². The summed E-state index contributed by atoms with van der Waals surface area (Å²) in [7, 11) is 3.96. The van der Waals surface area contributed by atoms with E-state index in [4.69, 9.17) is 37.8 Å². The van der Waals surface area contributed by atoms with Crippen LogP contribution in [-0.4, -0.2) is 73.7 Å². The Labute approximate surface area is 145 Å². The molecule has 1 unspecified atom stereocenters. The second-order valence-corrected chi connectivity index (χ2v) is 6.06. The summed E-state index contributed by atoms with van der Waals surface area (Å²) >= 11 is 12.0. The van der Waals surface area contributed by atoms with E-state index in [1.165, 1.54) is 0 Å². The standard InChI is InChI=1S/C14H18Cl2N2O2.CH2O2/c1-17(2)8-11-9-20-6-5-18(11)14(19)12-4-3-10(15)7-13(12)16;2-1-3/h3-4,7,11H,5-6,8-9H2,1-2H3;1H,(H,2,3). The molecule has 1 aromatic carbocycles. The van der Waals surface area contributed by atoms with E-state index >= 15 is 0 Å². The predicted octanol–water partition coefficient (Wildman–Crippen LogP) is 2.10. The van der Waals surface area contributed by atoms with Crippen LogP contribution in [0.3, 0.4) is 0 Å². The maximum atomic E-state index is 12.6. The highest BCUT2D eigenvalue weighted by Gasteiger charge is 2.29. The number of hydrogen-bond acceptors (Lipinski definition) is 4. The lowest BCUT2D eigenvalue weighted by molar-refractivity contribution is -0.122. The zero-order valence-electron chi connectivity index (χ0n) is 13.0. The molecule has 1 aromatic rings. The summed E-state index contributed by atoms with van der Waals surface area (Å²) in [5, 5.41) is 7.80. The molecule has 0 aliphatic carbocycles. The summed E-state index contributed by atoms with van der Waals surface area (Å²) < 4.78 is 5.47. The van der Waals surface area contributed by atoms with Crippen molar-refractivity contribution in [3.8, 4) is 0 Å². The molecule has 2 rings (SSSR count). The van der Waals surface area contributed by atoms with Gasteiger partial charge in [0.15, 0.2) is 0 Å². The number of morpholine rings is 1. The fourth-order valence-corrected chi connectivity index (χ4v) is 2.80. The van der Waals surface area contributed by atoms with Gasteiger partial charge in [0.25, 0.3) is 12.4 Å². The maximum Gasteiger partial charge on any atom is 0.290 e. The molecule has 1 saturated heterocycles. The van der Waals surface area contributed by atoms with Crippen molar-refractivity contribution in [3.05, 3.63) is 33.8 Å². The average molecular weight is 363 g/mol. The van der Waals surface area contributed by atoms with Gasteiger partial charge in [-0.1, -0.05) is 23.2 Å². The normalized spacial score (nSPS) is 17.4. The Morgan fingerprint density at radius 3 is 2.70 bits per heavy atom. The highest BCUT2D eigenvalue weighted by molar-refractivity contribution is 6.36. The molecule has 1 amide bonds. The predicted molar refractivity (Wildman–Crippen MR) is 89.4 cm³/mol. The van der Waals surface area contributed by atoms with Gasteiger partial charge in [-0.25, -0.2) is 0 Å². The van der Waals surface area contributed by atoms with Crippen LogP contribution >= 0.6 is 23.2 Å². The van der Waals surface area contributed by atoms with E-state index in [-0.39, 0.29) is 18.4 Å². The van der Waals surface area contributed by atoms with Crippen molar-refractivity contribution >= 4 is 35.6 Å². The molecular formula is C15H20Cl2N2O4. The van der Waals surface area contributed by atoms with Crippen molar-refractivity contribution in [1.82, 2.24) is 9.80 Å². The van der Waals surface area contributed by atoms with E-state index in [1.54, 1.807) is 18.2 Å². The minimum Gasteiger partial charge on any atom is -0.483 e. The Kier molecular flexibility index (Phi) is 8.33. The minimum absolute atomic E-state index is 0.0398. The molecule has 1 N–H and O–H groups in total. The number of amides is 1. The third kappa shape index (κ3) is 5.99. The van der Waals surface area contributed by atoms with Gasteiger partial charge < -0.3 is 19.6 Å². The quantitative estimate of drug-likeness (QED) is 0.833. The first-order valence-corrected chi connectivity index (χ1v) is 7.72. The lowest BCUT2D eigenvalue weighted by atomic mass is 10.1. The van der Waals surface area contributed by atoms with Crippen LogP contribution < -0.4 is 0 Å². The number of likely N-dealkylation sites (N-methyl/N-ethyl adjacent to an activating group) is 1. The first-order chi connectivity index (χ1) is 10.9. The number of nitrogens with zero attached hydrogens (tertiary/aromatic N) is 2. The molecule has 1 aliphatic heterocycles. The SMILES string of the molecule is CN(C)CC1COCCN1C(=O)c1ccc(Cl)cc1Cl.O=CO. The Balaban J connectivity index is 0.000000816. The number of hydrogen-bond donors (Lipinski definition) is 1. The number of benzene rings is 1. The summed E-state index contributed by atoms with van der Waals surface area (Å²) in [4.78, 5) is 24.9. The fourth-order valence-electron chi connectivity index (χ4n) is 2.31. The molecule has 1 fully saturated rings. The van der Waals surface area contributed by atoms with Crippen LogP contribution in [0.15, 0.2) is 18.2 Å². The van der Waals surface area contributed by atoms with Gasteiger partial charge in [-0.15, -0.1) is 0 Å². The van der Waals surface area contributed by atoms with Gasteiger partial charge in [0.05, 0.1) is 29.8 Å². The summed E-state index contributed by atoms with van der Waals surface area (Å²) in [5.41, 5.74) is 0.488. The molecule has 0 aromatic heterocycles. The molecule has 128 valence electrons. The van der Waals surface area contributed by atoms with E-state index in [0.717, 1.165) is 6.54 Å². The zero-order valence-corrected chi connectivity index (χ0v) is 14.5. The molecular weight excluding hydrogens is 343 g/mol. The molecule has 0 bridgehead atoms. The van der Waals surface area contributed by atoms with Gasteiger partial charge in [0.1, 0.15) is 0 Å². The fraction of sp³-hybridized carbons (Fsp3) is 0.467. The number of carboxylic acid groups (broad SMARTS) is 1. The van der Waals surface area contributed by atoms with Crippen LogP contribution in [0.5, 0.6) is 0 Å². The Morgan fingerprint density at radius 2 is 2.13 bits per heavy atom. The molecule has 1 aliphatic rings. The summed E-state index contributed by atoms with van der Waals surface area (Å²) in [6, 6.07) is 4.99. The topological polar surface area (TPSA) is 70.1 Å². The highest BCUT2D eigenvalue weighted by atomic mass is 35.5. The van der Waals surface area contributed by atoms with E-state index in [0.29, 0.717) is 35.4 Å². The van der Waals surface area contributed by atoms with Crippen LogP contribution in [0.2, 0.25) is 10.0 Å². The van der Waals surface area contributed by atoms with Crippen LogP contribution in [0, 0.1) is 0 Å². The van der Waals surface area contributed by atoms with E-state index < -0.39 is 0 Å². The summed E-state index contributed by atoms with van der Waals surface area (Å²) in [6.45, 7) is 2.20. The monoisotopic (exact) mass is 362 g/mol. The summed E-state index contributed by atoms with van der Waals surface area (Å²) in [5.74, 6) is -0.0678. The van der Waals surface area contributed by atoms with Gasteiger partial charge in [-0.05, 0) is 32.3 Å². The number of carbonyl (C=O) groups is 2.